The number of halogens is 1. The fraction of sp³-hybridized carbons (Fsp3) is 0.231. The molecule has 0 aliphatic carbocycles. The third-order valence-corrected chi connectivity index (χ3v) is 7.54. The second-order valence-corrected chi connectivity index (χ2v) is 10.4. The first-order valence-corrected chi connectivity index (χ1v) is 13.2. The summed E-state index contributed by atoms with van der Waals surface area (Å²) in [5, 5.41) is 18.9. The van der Waals surface area contributed by atoms with Crippen LogP contribution in [0, 0.1) is 0 Å². The van der Waals surface area contributed by atoms with Crippen LogP contribution in [0.4, 0.5) is 16.3 Å². The molecule has 202 valence electrons. The lowest BCUT2D eigenvalue weighted by atomic mass is 10.1. The standard InChI is InChI=1S/C26H25ClN6O5S/c1-31(19-7-5-18(27)6-8-19)30-24(35)21-14-20-22(29-33(26(36)37)25(20)39-21)28-23(34)17-4-2-3-16(13-17)15-32-9-11-38-12-10-32/h2-8,13-14H,9-12,15H2,1H3,(H,30,35)(H,36,37)(H,28,29,34). The van der Waals surface area contributed by atoms with Crippen molar-refractivity contribution in [3.05, 3.63) is 75.6 Å². The molecule has 1 aliphatic heterocycles. The van der Waals surface area contributed by atoms with Gasteiger partial charge in [0.25, 0.3) is 11.8 Å². The molecule has 5 rings (SSSR count). The molecular weight excluding hydrogens is 544 g/mol. The number of aromatic nitrogens is 2. The van der Waals surface area contributed by atoms with E-state index in [1.54, 1.807) is 49.5 Å². The number of ether oxygens (including phenoxy) is 1. The smallest absolute Gasteiger partial charge is 0.433 e. The number of benzene rings is 2. The summed E-state index contributed by atoms with van der Waals surface area (Å²) in [6.07, 6.45) is -1.33. The molecule has 3 heterocycles. The number of fused-ring (bicyclic) bond motifs is 1. The third-order valence-electron chi connectivity index (χ3n) is 6.18. The largest absolute Gasteiger partial charge is 0.463 e. The van der Waals surface area contributed by atoms with Gasteiger partial charge in [-0.2, -0.15) is 4.68 Å². The van der Waals surface area contributed by atoms with Crippen LogP contribution >= 0.6 is 22.9 Å². The lowest BCUT2D eigenvalue weighted by Gasteiger charge is -2.26. The number of carbonyl (C=O) groups excluding carboxylic acids is 2. The molecule has 0 unspecified atom stereocenters. The van der Waals surface area contributed by atoms with Gasteiger partial charge in [-0.15, -0.1) is 16.4 Å². The highest BCUT2D eigenvalue weighted by atomic mass is 35.5. The maximum absolute atomic E-state index is 13.1. The number of thiophene rings is 1. The van der Waals surface area contributed by atoms with Gasteiger partial charge in [0.15, 0.2) is 5.82 Å². The van der Waals surface area contributed by atoms with Gasteiger partial charge in [-0.25, -0.2) is 4.79 Å². The Morgan fingerprint density at radius 1 is 1.10 bits per heavy atom. The monoisotopic (exact) mass is 568 g/mol. The second kappa shape index (κ2) is 11.4. The van der Waals surface area contributed by atoms with E-state index < -0.39 is 17.9 Å². The number of nitrogens with zero attached hydrogens (tertiary/aromatic N) is 4. The molecule has 0 spiro atoms. The van der Waals surface area contributed by atoms with Crippen LogP contribution in [0.1, 0.15) is 25.6 Å². The van der Waals surface area contributed by atoms with Gasteiger partial charge in [-0.3, -0.25) is 24.9 Å². The Labute approximate surface area is 232 Å². The number of morpholine rings is 1. The predicted molar refractivity (Wildman–Crippen MR) is 149 cm³/mol. The van der Waals surface area contributed by atoms with Gasteiger partial charge in [-0.05, 0) is 48.0 Å². The molecule has 2 amide bonds. The molecular formula is C26H25ClN6O5S. The summed E-state index contributed by atoms with van der Waals surface area (Å²) in [5.74, 6) is -0.827. The molecule has 2 aromatic heterocycles. The maximum Gasteiger partial charge on any atom is 0.433 e. The molecule has 39 heavy (non-hydrogen) atoms. The number of hydrogen-bond acceptors (Lipinski definition) is 8. The number of carboxylic acid groups (broad SMARTS) is 1. The van der Waals surface area contributed by atoms with E-state index in [4.69, 9.17) is 16.3 Å². The third kappa shape index (κ3) is 6.04. The molecule has 0 saturated carbocycles. The summed E-state index contributed by atoms with van der Waals surface area (Å²) in [6.45, 7) is 3.70. The van der Waals surface area contributed by atoms with Crippen molar-refractivity contribution < 1.29 is 24.2 Å². The van der Waals surface area contributed by atoms with E-state index in [-0.39, 0.29) is 15.5 Å². The fourth-order valence-electron chi connectivity index (χ4n) is 4.19. The van der Waals surface area contributed by atoms with Crippen LogP contribution in [0.3, 0.4) is 0 Å². The van der Waals surface area contributed by atoms with Crippen molar-refractivity contribution in [2.45, 2.75) is 6.54 Å². The van der Waals surface area contributed by atoms with Crippen LogP contribution in [0.5, 0.6) is 0 Å². The molecule has 3 N–H and O–H groups in total. The number of rotatable bonds is 7. The van der Waals surface area contributed by atoms with Gasteiger partial charge in [-0.1, -0.05) is 23.7 Å². The van der Waals surface area contributed by atoms with E-state index in [1.807, 2.05) is 6.07 Å². The number of amides is 2. The average molecular weight is 569 g/mol. The molecule has 11 nitrogen and oxygen atoms in total. The van der Waals surface area contributed by atoms with Crippen molar-refractivity contribution in [1.82, 2.24) is 20.1 Å². The highest BCUT2D eigenvalue weighted by Crippen LogP contribution is 2.32. The number of carbonyl (C=O) groups is 3. The molecule has 1 aliphatic rings. The Kier molecular flexibility index (Phi) is 7.79. The van der Waals surface area contributed by atoms with Crippen molar-refractivity contribution >= 4 is 62.6 Å². The molecule has 0 bridgehead atoms. The van der Waals surface area contributed by atoms with Gasteiger partial charge in [0.1, 0.15) is 4.83 Å². The van der Waals surface area contributed by atoms with Crippen molar-refractivity contribution in [1.29, 1.82) is 0 Å². The Morgan fingerprint density at radius 2 is 1.85 bits per heavy atom. The summed E-state index contributed by atoms with van der Waals surface area (Å²) in [5.41, 5.74) is 4.84. The summed E-state index contributed by atoms with van der Waals surface area (Å²) >= 11 is 6.89. The SMILES string of the molecule is CN(NC(=O)c1cc2c(NC(=O)c3cccc(CN4CCOCC4)c3)nn(C(=O)O)c2s1)c1ccc(Cl)cc1. The summed E-state index contributed by atoms with van der Waals surface area (Å²) in [4.78, 5) is 40.6. The molecule has 1 fully saturated rings. The summed E-state index contributed by atoms with van der Waals surface area (Å²) < 4.78 is 6.15. The zero-order valence-corrected chi connectivity index (χ0v) is 22.5. The van der Waals surface area contributed by atoms with Crippen LogP contribution in [0.2, 0.25) is 5.02 Å². The Hall–Kier alpha value is -3.97. The van der Waals surface area contributed by atoms with E-state index in [1.165, 1.54) is 11.1 Å². The maximum atomic E-state index is 13.1. The summed E-state index contributed by atoms with van der Waals surface area (Å²) in [7, 11) is 1.67. The van der Waals surface area contributed by atoms with Crippen LogP contribution in [0.25, 0.3) is 10.2 Å². The van der Waals surface area contributed by atoms with Gasteiger partial charge < -0.3 is 15.2 Å². The first kappa shape index (κ1) is 26.6. The Morgan fingerprint density at radius 3 is 2.56 bits per heavy atom. The molecule has 0 atom stereocenters. The molecule has 1 saturated heterocycles. The van der Waals surface area contributed by atoms with E-state index >= 15 is 0 Å². The van der Waals surface area contributed by atoms with Crippen molar-refractivity contribution in [2.75, 3.05) is 43.7 Å². The van der Waals surface area contributed by atoms with Crippen LogP contribution in [-0.4, -0.2) is 71.0 Å². The molecule has 13 heteroatoms. The fourth-order valence-corrected chi connectivity index (χ4v) is 5.31. The van der Waals surface area contributed by atoms with Crippen molar-refractivity contribution in [2.24, 2.45) is 0 Å². The highest BCUT2D eigenvalue weighted by molar-refractivity contribution is 7.20. The topological polar surface area (TPSA) is 129 Å². The minimum atomic E-state index is -1.33. The quantitative estimate of drug-likeness (QED) is 0.284. The number of hydrogen-bond donors (Lipinski definition) is 3. The molecule has 2 aromatic carbocycles. The first-order valence-electron chi connectivity index (χ1n) is 12.0. The van der Waals surface area contributed by atoms with Gasteiger partial charge in [0.2, 0.25) is 0 Å². The number of hydrazine groups is 1. The second-order valence-electron chi connectivity index (χ2n) is 8.89. The Balaban J connectivity index is 1.35. The van der Waals surface area contributed by atoms with Crippen LogP contribution in [-0.2, 0) is 11.3 Å². The average Bonchev–Trinajstić information content (AvgIpc) is 3.50. The van der Waals surface area contributed by atoms with Gasteiger partial charge >= 0.3 is 6.09 Å². The molecule has 0 radical (unpaired) electrons. The minimum Gasteiger partial charge on any atom is -0.463 e. The first-order chi connectivity index (χ1) is 18.8. The number of nitrogens with one attached hydrogen (secondary N) is 2. The normalized spacial score (nSPS) is 13.8. The number of anilines is 2. The van der Waals surface area contributed by atoms with Crippen LogP contribution in [0.15, 0.2) is 54.6 Å². The predicted octanol–water partition coefficient (Wildman–Crippen LogP) is 4.14. The lowest BCUT2D eigenvalue weighted by molar-refractivity contribution is 0.0342. The summed E-state index contributed by atoms with van der Waals surface area (Å²) in [6, 6.07) is 15.7. The van der Waals surface area contributed by atoms with Crippen LogP contribution < -0.4 is 15.8 Å². The molecule has 4 aromatic rings. The van der Waals surface area contributed by atoms with E-state index in [9.17, 15) is 19.5 Å². The minimum absolute atomic E-state index is 0.0531. The zero-order valence-electron chi connectivity index (χ0n) is 20.9. The van der Waals surface area contributed by atoms with Gasteiger partial charge in [0.05, 0.1) is 29.2 Å². The highest BCUT2D eigenvalue weighted by Gasteiger charge is 2.23. The lowest BCUT2D eigenvalue weighted by Crippen LogP contribution is -2.38. The Bertz CT molecular complexity index is 1530. The van der Waals surface area contributed by atoms with Crippen molar-refractivity contribution in [3.8, 4) is 0 Å². The zero-order chi connectivity index (χ0) is 27.5. The van der Waals surface area contributed by atoms with E-state index in [0.29, 0.717) is 41.4 Å². The van der Waals surface area contributed by atoms with E-state index in [0.717, 1.165) is 34.7 Å². The van der Waals surface area contributed by atoms with Gasteiger partial charge in [0, 0.05) is 37.3 Å². The van der Waals surface area contributed by atoms with Crippen molar-refractivity contribution in [3.63, 3.8) is 0 Å². The van der Waals surface area contributed by atoms with E-state index in [2.05, 4.69) is 20.7 Å².